The maximum Gasteiger partial charge on any atom is 0.259 e. The smallest absolute Gasteiger partial charge is 0.259 e. The molecule has 4 aromatic carbocycles. The fourth-order valence-electron chi connectivity index (χ4n) is 4.74. The van der Waals surface area contributed by atoms with Gasteiger partial charge in [-0.05, 0) is 77.9 Å². The minimum atomic E-state index is -0.755. The number of carbonyl (C=O) groups is 2. The van der Waals surface area contributed by atoms with Crippen LogP contribution in [0.2, 0.25) is 0 Å². The number of fused-ring (bicyclic) bond motifs is 1. The van der Waals surface area contributed by atoms with Crippen LogP contribution in [0, 0.1) is 5.82 Å². The molecule has 2 atom stereocenters. The Hall–Kier alpha value is -4.65. The van der Waals surface area contributed by atoms with E-state index in [0.717, 1.165) is 5.56 Å². The molecule has 0 unspecified atom stereocenters. The first-order valence-electron chi connectivity index (χ1n) is 11.8. The van der Waals surface area contributed by atoms with Crippen molar-refractivity contribution in [3.05, 3.63) is 120 Å². The molecule has 0 saturated heterocycles. The van der Waals surface area contributed by atoms with Crippen LogP contribution in [0.5, 0.6) is 11.5 Å². The van der Waals surface area contributed by atoms with E-state index < -0.39 is 17.8 Å². The molecular weight excluding hydrogens is 471 g/mol. The van der Waals surface area contributed by atoms with Gasteiger partial charge in [0.05, 0.1) is 26.2 Å². The number of ether oxygens (including phenoxy) is 2. The molecular formula is C30H25FN2O4. The van der Waals surface area contributed by atoms with Crippen molar-refractivity contribution in [2.75, 3.05) is 24.4 Å². The van der Waals surface area contributed by atoms with Gasteiger partial charge in [-0.15, -0.1) is 0 Å². The zero-order valence-electron chi connectivity index (χ0n) is 20.4. The number of anilines is 2. The molecule has 1 aliphatic rings. The number of hydrogen-bond acceptors (Lipinski definition) is 4. The van der Waals surface area contributed by atoms with E-state index in [4.69, 9.17) is 9.47 Å². The summed E-state index contributed by atoms with van der Waals surface area (Å²) in [4.78, 5) is 29.5. The monoisotopic (exact) mass is 496 g/mol. The number of nitrogens with one attached hydrogen (secondary N) is 1. The third-order valence-corrected chi connectivity index (χ3v) is 6.54. The molecule has 7 heteroatoms. The van der Waals surface area contributed by atoms with Gasteiger partial charge in [0.15, 0.2) is 0 Å². The lowest BCUT2D eigenvalue weighted by Gasteiger charge is -2.42. The Labute approximate surface area is 214 Å². The van der Waals surface area contributed by atoms with Crippen LogP contribution in [-0.4, -0.2) is 26.0 Å². The number of benzene rings is 4. The molecule has 0 saturated carbocycles. The van der Waals surface area contributed by atoms with Crippen molar-refractivity contribution >= 4 is 23.2 Å². The fourth-order valence-corrected chi connectivity index (χ4v) is 4.74. The molecule has 6 nitrogen and oxygen atoms in total. The Morgan fingerprint density at radius 1 is 0.811 bits per heavy atom. The third-order valence-electron chi connectivity index (χ3n) is 6.54. The maximum atomic E-state index is 13.9. The topological polar surface area (TPSA) is 67.9 Å². The number of halogens is 1. The predicted octanol–water partition coefficient (Wildman–Crippen LogP) is 5.97. The van der Waals surface area contributed by atoms with Crippen molar-refractivity contribution in [1.82, 2.24) is 0 Å². The molecule has 0 bridgehead atoms. The molecule has 1 N–H and O–H groups in total. The summed E-state index contributed by atoms with van der Waals surface area (Å²) in [7, 11) is 3.16. The normalized spacial score (nSPS) is 16.6. The molecule has 4 aromatic rings. The Kier molecular flexibility index (Phi) is 6.60. The highest BCUT2D eigenvalue weighted by Gasteiger charge is 2.45. The van der Waals surface area contributed by atoms with Crippen LogP contribution in [0.15, 0.2) is 97.1 Å². The van der Waals surface area contributed by atoms with Crippen LogP contribution in [0.4, 0.5) is 15.8 Å². The van der Waals surface area contributed by atoms with Crippen molar-refractivity contribution in [3.63, 3.8) is 0 Å². The molecule has 37 heavy (non-hydrogen) atoms. The second-order valence-corrected chi connectivity index (χ2v) is 8.65. The summed E-state index contributed by atoms with van der Waals surface area (Å²) in [6, 6.07) is 26.6. The van der Waals surface area contributed by atoms with Crippen molar-refractivity contribution in [1.29, 1.82) is 0 Å². The maximum absolute atomic E-state index is 13.9. The van der Waals surface area contributed by atoms with Gasteiger partial charge in [0.1, 0.15) is 17.3 Å². The first-order chi connectivity index (χ1) is 18.0. The summed E-state index contributed by atoms with van der Waals surface area (Å²) >= 11 is 0. The summed E-state index contributed by atoms with van der Waals surface area (Å²) in [6.07, 6.45) is 0. The summed E-state index contributed by atoms with van der Waals surface area (Å²) in [6.45, 7) is 0. The zero-order valence-corrected chi connectivity index (χ0v) is 20.4. The average molecular weight is 497 g/mol. The van der Waals surface area contributed by atoms with E-state index in [1.54, 1.807) is 55.5 Å². The van der Waals surface area contributed by atoms with E-state index >= 15 is 0 Å². The van der Waals surface area contributed by atoms with Crippen LogP contribution in [-0.2, 0) is 4.79 Å². The summed E-state index contributed by atoms with van der Waals surface area (Å²) in [5, 5.41) is 2.92. The highest BCUT2D eigenvalue weighted by atomic mass is 19.1. The highest BCUT2D eigenvalue weighted by molar-refractivity contribution is 6.12. The van der Waals surface area contributed by atoms with E-state index in [1.165, 1.54) is 24.3 Å². The van der Waals surface area contributed by atoms with Crippen molar-refractivity contribution < 1.29 is 23.5 Å². The lowest BCUT2D eigenvalue weighted by Crippen LogP contribution is -2.46. The molecule has 1 aliphatic heterocycles. The zero-order chi connectivity index (χ0) is 25.9. The molecule has 0 aromatic heterocycles. The standard InChI is InChI=1S/C30H25FN2O4/c1-36-23-15-7-19(8-16-23)28-27(29(34)32-21-11-9-20(31)10-12-21)25-5-3-4-6-26(25)30(35)33(28)22-13-17-24(37-2)18-14-22/h3-18,27-28H,1-2H3,(H,32,34)/t27-,28-/m0/s1. The fraction of sp³-hybridized carbons (Fsp3) is 0.133. The first kappa shape index (κ1) is 24.1. The predicted molar refractivity (Wildman–Crippen MR) is 140 cm³/mol. The molecule has 5 rings (SSSR count). The molecule has 2 amide bonds. The molecule has 0 spiro atoms. The van der Waals surface area contributed by atoms with Crippen molar-refractivity contribution in [2.45, 2.75) is 12.0 Å². The first-order valence-corrected chi connectivity index (χ1v) is 11.8. The molecule has 0 radical (unpaired) electrons. The van der Waals surface area contributed by atoms with Gasteiger partial charge >= 0.3 is 0 Å². The van der Waals surface area contributed by atoms with Crippen LogP contribution in [0.3, 0.4) is 0 Å². The molecule has 0 aliphatic carbocycles. The SMILES string of the molecule is COc1ccc([C@H]2[C@@H](C(=O)Nc3ccc(F)cc3)c3ccccc3C(=O)N2c2ccc(OC)cc2)cc1. The van der Waals surface area contributed by atoms with E-state index in [1.807, 2.05) is 36.4 Å². The van der Waals surface area contributed by atoms with Crippen LogP contribution >= 0.6 is 0 Å². The van der Waals surface area contributed by atoms with Crippen molar-refractivity contribution in [3.8, 4) is 11.5 Å². The number of methoxy groups -OCH3 is 2. The number of nitrogens with zero attached hydrogens (tertiary/aromatic N) is 1. The van der Waals surface area contributed by atoms with Gasteiger partial charge in [-0.3, -0.25) is 14.5 Å². The second kappa shape index (κ2) is 10.1. The summed E-state index contributed by atoms with van der Waals surface area (Å²) in [5.41, 5.74) is 2.92. The Morgan fingerprint density at radius 3 is 2.03 bits per heavy atom. The average Bonchev–Trinajstić information content (AvgIpc) is 2.94. The largest absolute Gasteiger partial charge is 0.497 e. The Balaban J connectivity index is 1.67. The Morgan fingerprint density at radius 2 is 1.41 bits per heavy atom. The molecule has 186 valence electrons. The second-order valence-electron chi connectivity index (χ2n) is 8.65. The van der Waals surface area contributed by atoms with E-state index in [-0.39, 0.29) is 11.8 Å². The van der Waals surface area contributed by atoms with E-state index in [0.29, 0.717) is 34.0 Å². The number of rotatable bonds is 6. The quantitative estimate of drug-likeness (QED) is 0.357. The summed E-state index contributed by atoms with van der Waals surface area (Å²) in [5.74, 6) is -0.365. The lowest BCUT2D eigenvalue weighted by molar-refractivity contribution is -0.118. The number of amides is 2. The van der Waals surface area contributed by atoms with Gasteiger partial charge in [0, 0.05) is 16.9 Å². The van der Waals surface area contributed by atoms with Crippen LogP contribution in [0.25, 0.3) is 0 Å². The van der Waals surface area contributed by atoms with Gasteiger partial charge in [-0.25, -0.2) is 4.39 Å². The number of hydrogen-bond donors (Lipinski definition) is 1. The van der Waals surface area contributed by atoms with Crippen LogP contribution < -0.4 is 19.7 Å². The molecule has 0 fully saturated rings. The number of carbonyl (C=O) groups excluding carboxylic acids is 2. The van der Waals surface area contributed by atoms with E-state index in [2.05, 4.69) is 5.32 Å². The van der Waals surface area contributed by atoms with Gasteiger partial charge in [0.25, 0.3) is 5.91 Å². The summed E-state index contributed by atoms with van der Waals surface area (Å²) < 4.78 is 24.1. The highest BCUT2D eigenvalue weighted by Crippen LogP contribution is 2.46. The van der Waals surface area contributed by atoms with Crippen LogP contribution in [0.1, 0.15) is 33.4 Å². The van der Waals surface area contributed by atoms with Gasteiger partial charge < -0.3 is 14.8 Å². The van der Waals surface area contributed by atoms with E-state index in [9.17, 15) is 14.0 Å². The lowest BCUT2D eigenvalue weighted by atomic mass is 9.78. The minimum Gasteiger partial charge on any atom is -0.497 e. The van der Waals surface area contributed by atoms with Gasteiger partial charge in [0.2, 0.25) is 5.91 Å². The van der Waals surface area contributed by atoms with Crippen molar-refractivity contribution in [2.24, 2.45) is 0 Å². The van der Waals surface area contributed by atoms with Gasteiger partial charge in [-0.2, -0.15) is 0 Å². The Bertz CT molecular complexity index is 1420. The molecule has 1 heterocycles. The van der Waals surface area contributed by atoms with Gasteiger partial charge in [-0.1, -0.05) is 30.3 Å². The third kappa shape index (κ3) is 4.63. The minimum absolute atomic E-state index is 0.215.